The summed E-state index contributed by atoms with van der Waals surface area (Å²) in [6.07, 6.45) is 2.04. The summed E-state index contributed by atoms with van der Waals surface area (Å²) in [6, 6.07) is 6.70. The largest absolute Gasteiger partial charge is 0.497 e. The number of carboxylic acid groups (broad SMARTS) is 1. The SMILES string of the molecule is COc1ccc2c(O[C@@H]3C[C@@H](C(=O)O)N(C(=O)[C@@H](NC(=O)OC(C)(C)C)C(C)(C)C)C3)cc(-n3cccn3)nc2c1. The number of aromatic nitrogens is 3. The van der Waals surface area contributed by atoms with Crippen LogP contribution in [0, 0.1) is 5.41 Å². The summed E-state index contributed by atoms with van der Waals surface area (Å²) < 4.78 is 18.7. The third-order valence-corrected chi connectivity index (χ3v) is 6.60. The van der Waals surface area contributed by atoms with E-state index < -0.39 is 47.2 Å². The second kappa shape index (κ2) is 11.3. The highest BCUT2D eigenvalue weighted by molar-refractivity contribution is 5.91. The summed E-state index contributed by atoms with van der Waals surface area (Å²) in [6.45, 7) is 10.6. The van der Waals surface area contributed by atoms with Crippen molar-refractivity contribution in [3.63, 3.8) is 0 Å². The van der Waals surface area contributed by atoms with Crippen molar-refractivity contribution in [1.29, 1.82) is 0 Å². The number of ether oxygens (including phenoxy) is 3. The molecule has 1 aliphatic rings. The number of carboxylic acids is 1. The number of fused-ring (bicyclic) bond motifs is 1. The third-order valence-electron chi connectivity index (χ3n) is 6.60. The van der Waals surface area contributed by atoms with Crippen LogP contribution in [0.5, 0.6) is 11.5 Å². The average molecular weight is 568 g/mol. The molecule has 12 heteroatoms. The molecule has 1 fully saturated rings. The Morgan fingerprint density at radius 2 is 1.85 bits per heavy atom. The van der Waals surface area contributed by atoms with E-state index in [0.717, 1.165) is 0 Å². The van der Waals surface area contributed by atoms with Crippen molar-refractivity contribution in [3.8, 4) is 17.3 Å². The van der Waals surface area contributed by atoms with Gasteiger partial charge in [0.25, 0.3) is 0 Å². The van der Waals surface area contributed by atoms with E-state index in [2.05, 4.69) is 15.4 Å². The van der Waals surface area contributed by atoms with Crippen LogP contribution in [0.2, 0.25) is 0 Å². The second-order valence-corrected chi connectivity index (χ2v) is 12.1. The first-order valence-corrected chi connectivity index (χ1v) is 13.3. The molecule has 220 valence electrons. The minimum Gasteiger partial charge on any atom is -0.497 e. The molecule has 0 saturated carbocycles. The normalized spacial score (nSPS) is 18.2. The number of rotatable bonds is 7. The van der Waals surface area contributed by atoms with Crippen molar-refractivity contribution in [1.82, 2.24) is 25.0 Å². The van der Waals surface area contributed by atoms with Crippen molar-refractivity contribution in [3.05, 3.63) is 42.7 Å². The topological polar surface area (TPSA) is 145 Å². The molecule has 3 atom stereocenters. The molecule has 3 aromatic rings. The lowest BCUT2D eigenvalue weighted by molar-refractivity contribution is -0.150. The van der Waals surface area contributed by atoms with E-state index in [4.69, 9.17) is 14.2 Å². The first-order chi connectivity index (χ1) is 19.2. The number of alkyl carbamates (subject to hydrolysis) is 1. The minimum absolute atomic E-state index is 0.00938. The van der Waals surface area contributed by atoms with Crippen LogP contribution in [0.15, 0.2) is 42.7 Å². The van der Waals surface area contributed by atoms with Crippen molar-refractivity contribution in [2.45, 2.75) is 71.8 Å². The number of amides is 2. The van der Waals surface area contributed by atoms with Gasteiger partial charge in [0.1, 0.15) is 35.3 Å². The van der Waals surface area contributed by atoms with Gasteiger partial charge in [-0.25, -0.2) is 19.3 Å². The molecule has 0 radical (unpaired) electrons. The third kappa shape index (κ3) is 6.87. The zero-order valence-electron chi connectivity index (χ0n) is 24.4. The predicted molar refractivity (Wildman–Crippen MR) is 150 cm³/mol. The number of benzene rings is 1. The van der Waals surface area contributed by atoms with Crippen molar-refractivity contribution >= 4 is 28.9 Å². The Kier molecular flexibility index (Phi) is 8.14. The molecular formula is C29H37N5O7. The van der Waals surface area contributed by atoms with Gasteiger partial charge in [-0.1, -0.05) is 20.8 Å². The van der Waals surface area contributed by atoms with Gasteiger partial charge in [-0.05, 0) is 44.4 Å². The predicted octanol–water partition coefficient (Wildman–Crippen LogP) is 3.80. The Hall–Kier alpha value is -4.35. The monoisotopic (exact) mass is 567 g/mol. The van der Waals surface area contributed by atoms with Crippen LogP contribution < -0.4 is 14.8 Å². The molecular weight excluding hydrogens is 530 g/mol. The number of nitrogens with one attached hydrogen (secondary N) is 1. The van der Waals surface area contributed by atoms with Gasteiger partial charge in [0.2, 0.25) is 5.91 Å². The Bertz CT molecular complexity index is 1430. The molecule has 1 saturated heterocycles. The lowest BCUT2D eigenvalue weighted by atomic mass is 9.85. The number of carbonyl (C=O) groups excluding carboxylic acids is 2. The lowest BCUT2D eigenvalue weighted by Gasteiger charge is -2.35. The maximum Gasteiger partial charge on any atom is 0.408 e. The Balaban J connectivity index is 1.63. The maximum atomic E-state index is 13.8. The minimum atomic E-state index is -1.16. The number of aliphatic carboxylic acids is 1. The van der Waals surface area contributed by atoms with Crippen LogP contribution in [0.4, 0.5) is 4.79 Å². The van der Waals surface area contributed by atoms with Crippen molar-refractivity contribution in [2.75, 3.05) is 13.7 Å². The molecule has 1 aromatic carbocycles. The lowest BCUT2D eigenvalue weighted by Crippen LogP contribution is -2.57. The molecule has 0 aliphatic carbocycles. The van der Waals surface area contributed by atoms with E-state index >= 15 is 0 Å². The first-order valence-electron chi connectivity index (χ1n) is 13.3. The molecule has 0 spiro atoms. The highest BCUT2D eigenvalue weighted by Gasteiger charge is 2.46. The van der Waals surface area contributed by atoms with Crippen molar-refractivity contribution < 1.29 is 33.7 Å². The van der Waals surface area contributed by atoms with Gasteiger partial charge >= 0.3 is 12.1 Å². The van der Waals surface area contributed by atoms with Crippen molar-refractivity contribution in [2.24, 2.45) is 5.41 Å². The van der Waals surface area contributed by atoms with Crippen LogP contribution in [0.1, 0.15) is 48.0 Å². The first kappa shape index (κ1) is 29.6. The summed E-state index contributed by atoms with van der Waals surface area (Å²) in [5, 5.41) is 17.6. The highest BCUT2D eigenvalue weighted by Crippen LogP contribution is 2.33. The summed E-state index contributed by atoms with van der Waals surface area (Å²) in [5.74, 6) is -0.103. The van der Waals surface area contributed by atoms with E-state index in [1.54, 1.807) is 90.0 Å². The van der Waals surface area contributed by atoms with Gasteiger partial charge in [-0.2, -0.15) is 5.10 Å². The van der Waals surface area contributed by atoms with E-state index in [1.165, 1.54) is 4.90 Å². The second-order valence-electron chi connectivity index (χ2n) is 12.1. The fraction of sp³-hybridized carbons (Fsp3) is 0.483. The average Bonchev–Trinajstić information content (AvgIpc) is 3.55. The van der Waals surface area contributed by atoms with Gasteiger partial charge in [0, 0.05) is 36.3 Å². The summed E-state index contributed by atoms with van der Waals surface area (Å²) >= 11 is 0. The zero-order valence-corrected chi connectivity index (χ0v) is 24.4. The number of hydrogen-bond donors (Lipinski definition) is 2. The molecule has 2 amide bonds. The highest BCUT2D eigenvalue weighted by atomic mass is 16.6. The van der Waals surface area contributed by atoms with Crippen LogP contribution in [0.25, 0.3) is 16.7 Å². The van der Waals surface area contributed by atoms with Crippen LogP contribution in [0.3, 0.4) is 0 Å². The molecule has 2 N–H and O–H groups in total. The number of methoxy groups -OCH3 is 1. The molecule has 0 unspecified atom stereocenters. The number of carbonyl (C=O) groups is 3. The Labute approximate surface area is 238 Å². The number of hydrogen-bond acceptors (Lipinski definition) is 8. The standard InChI is InChI=1S/C29H37N5O7/c1-28(2,3)24(32-27(38)41-29(4,5)6)25(35)33-16-18(14-21(33)26(36)37)40-22-15-23(34-12-8-11-30-34)31-20-13-17(39-7)9-10-19(20)22/h8-13,15,18,21,24H,14,16H2,1-7H3,(H,32,38)(H,36,37)/t18-,21+,24-/m1/s1. The fourth-order valence-corrected chi connectivity index (χ4v) is 4.69. The van der Waals surface area contributed by atoms with Crippen LogP contribution in [-0.4, -0.2) is 80.2 Å². The molecule has 4 rings (SSSR count). The zero-order chi connectivity index (χ0) is 30.1. The van der Waals surface area contributed by atoms with Gasteiger partial charge in [-0.15, -0.1) is 0 Å². The van der Waals surface area contributed by atoms with E-state index in [9.17, 15) is 19.5 Å². The van der Waals surface area contributed by atoms with E-state index in [-0.39, 0.29) is 13.0 Å². The van der Waals surface area contributed by atoms with Gasteiger partial charge < -0.3 is 29.5 Å². The molecule has 1 aliphatic heterocycles. The van der Waals surface area contributed by atoms with E-state index in [1.807, 2.05) is 6.07 Å². The Morgan fingerprint density at radius 1 is 1.12 bits per heavy atom. The summed E-state index contributed by atoms with van der Waals surface area (Å²) in [5.41, 5.74) is -0.893. The van der Waals surface area contributed by atoms with Gasteiger partial charge in [0.15, 0.2) is 5.82 Å². The van der Waals surface area contributed by atoms with Gasteiger partial charge in [0.05, 0.1) is 19.2 Å². The fourth-order valence-electron chi connectivity index (χ4n) is 4.69. The molecule has 3 heterocycles. The smallest absolute Gasteiger partial charge is 0.408 e. The number of nitrogens with zero attached hydrogens (tertiary/aromatic N) is 4. The molecule has 12 nitrogen and oxygen atoms in total. The van der Waals surface area contributed by atoms with Crippen LogP contribution in [-0.2, 0) is 14.3 Å². The molecule has 0 bridgehead atoms. The molecule has 2 aromatic heterocycles. The van der Waals surface area contributed by atoms with Gasteiger partial charge in [-0.3, -0.25) is 4.79 Å². The quantitative estimate of drug-likeness (QED) is 0.435. The summed E-state index contributed by atoms with van der Waals surface area (Å²) in [4.78, 5) is 44.6. The Morgan fingerprint density at radius 3 is 2.44 bits per heavy atom. The number of likely N-dealkylation sites (tertiary alicyclic amines) is 1. The molecule has 41 heavy (non-hydrogen) atoms. The maximum absolute atomic E-state index is 13.8. The van der Waals surface area contributed by atoms with Crippen LogP contribution >= 0.6 is 0 Å². The summed E-state index contributed by atoms with van der Waals surface area (Å²) in [7, 11) is 1.56. The number of pyridine rings is 1. The van der Waals surface area contributed by atoms with E-state index in [0.29, 0.717) is 28.2 Å².